The fraction of sp³-hybridized carbons (Fsp3) is 0.154. The zero-order valence-electron chi connectivity index (χ0n) is 9.81. The van der Waals surface area contributed by atoms with Crippen LogP contribution in [-0.4, -0.2) is 13.0 Å². The number of carbonyl (C=O) groups is 1. The lowest BCUT2D eigenvalue weighted by Gasteiger charge is -2.18. The summed E-state index contributed by atoms with van der Waals surface area (Å²) in [7, 11) is 1.74. The van der Waals surface area contributed by atoms with Gasteiger partial charge in [0, 0.05) is 11.9 Å². The van der Waals surface area contributed by atoms with Crippen molar-refractivity contribution in [1.29, 1.82) is 0 Å². The van der Waals surface area contributed by atoms with Crippen LogP contribution in [0, 0.1) is 6.92 Å². The Kier molecular flexibility index (Phi) is 3.15. The van der Waals surface area contributed by atoms with Crippen LogP contribution >= 0.6 is 11.3 Å². The lowest BCUT2D eigenvalue weighted by molar-refractivity contribution is 0.0997. The molecule has 0 spiro atoms. The van der Waals surface area contributed by atoms with Gasteiger partial charge in [0.2, 0.25) is 0 Å². The summed E-state index contributed by atoms with van der Waals surface area (Å²) in [6, 6.07) is 11.1. The Morgan fingerprint density at radius 3 is 2.53 bits per heavy atom. The van der Waals surface area contributed by atoms with E-state index in [4.69, 9.17) is 5.73 Å². The number of para-hydroxylation sites is 2. The van der Waals surface area contributed by atoms with Gasteiger partial charge < -0.3 is 10.6 Å². The summed E-state index contributed by atoms with van der Waals surface area (Å²) in [6.45, 7) is 1.98. The summed E-state index contributed by atoms with van der Waals surface area (Å²) in [5.41, 5.74) is 7.20. The minimum atomic E-state index is -0.0269. The van der Waals surface area contributed by atoms with Crippen molar-refractivity contribution in [2.75, 3.05) is 17.7 Å². The molecule has 1 amide bonds. The topological polar surface area (TPSA) is 46.3 Å². The van der Waals surface area contributed by atoms with Crippen LogP contribution in [-0.2, 0) is 0 Å². The third-order valence-electron chi connectivity index (χ3n) is 2.55. The average molecular weight is 246 g/mol. The molecule has 0 bridgehead atoms. The summed E-state index contributed by atoms with van der Waals surface area (Å²) in [4.78, 5) is 15.6. The predicted octanol–water partition coefficient (Wildman–Crippen LogP) is 2.92. The Bertz CT molecular complexity index is 548. The second-order valence-corrected chi connectivity index (χ2v) is 5.12. The number of aryl methyl sites for hydroxylation is 1. The van der Waals surface area contributed by atoms with Crippen LogP contribution < -0.4 is 10.6 Å². The van der Waals surface area contributed by atoms with Crippen molar-refractivity contribution in [2.45, 2.75) is 6.92 Å². The van der Waals surface area contributed by atoms with Gasteiger partial charge in [0.15, 0.2) is 0 Å². The maximum Gasteiger partial charge on any atom is 0.268 e. The highest BCUT2D eigenvalue weighted by Crippen LogP contribution is 2.24. The number of thiophene rings is 1. The van der Waals surface area contributed by atoms with E-state index in [-0.39, 0.29) is 5.91 Å². The molecule has 3 nitrogen and oxygen atoms in total. The first kappa shape index (κ1) is 11.7. The van der Waals surface area contributed by atoms with Crippen molar-refractivity contribution >= 4 is 28.6 Å². The third-order valence-corrected chi connectivity index (χ3v) is 3.54. The number of nitrogen functional groups attached to an aromatic ring is 1. The Labute approximate surface area is 104 Å². The highest BCUT2D eigenvalue weighted by Gasteiger charge is 2.16. The zero-order chi connectivity index (χ0) is 12.4. The maximum atomic E-state index is 12.2. The Hall–Kier alpha value is -1.81. The summed E-state index contributed by atoms with van der Waals surface area (Å²) in [5, 5.41) is 0. The Balaban J connectivity index is 2.29. The van der Waals surface area contributed by atoms with Crippen molar-refractivity contribution in [1.82, 2.24) is 0 Å². The number of amides is 1. The molecule has 0 aliphatic heterocycles. The van der Waals surface area contributed by atoms with Gasteiger partial charge in [-0.1, -0.05) is 12.1 Å². The van der Waals surface area contributed by atoms with Gasteiger partial charge in [0.05, 0.1) is 16.3 Å². The molecule has 4 heteroatoms. The van der Waals surface area contributed by atoms with Crippen LogP contribution in [0.5, 0.6) is 0 Å². The number of hydrogen-bond acceptors (Lipinski definition) is 3. The molecule has 88 valence electrons. The molecule has 0 fully saturated rings. The molecule has 0 saturated heterocycles. The molecule has 0 unspecified atom stereocenters. The summed E-state index contributed by atoms with van der Waals surface area (Å²) in [5.74, 6) is -0.0269. The van der Waals surface area contributed by atoms with Crippen molar-refractivity contribution in [3.8, 4) is 0 Å². The van der Waals surface area contributed by atoms with Gasteiger partial charge in [0.25, 0.3) is 5.91 Å². The van der Waals surface area contributed by atoms with Crippen molar-refractivity contribution in [2.24, 2.45) is 0 Å². The first-order chi connectivity index (χ1) is 8.09. The van der Waals surface area contributed by atoms with E-state index >= 15 is 0 Å². The molecule has 17 heavy (non-hydrogen) atoms. The van der Waals surface area contributed by atoms with Gasteiger partial charge in [-0.15, -0.1) is 11.3 Å². The second kappa shape index (κ2) is 4.59. The van der Waals surface area contributed by atoms with E-state index in [1.165, 1.54) is 11.3 Å². The Morgan fingerprint density at radius 1 is 1.24 bits per heavy atom. The Morgan fingerprint density at radius 2 is 1.94 bits per heavy atom. The van der Waals surface area contributed by atoms with E-state index in [2.05, 4.69) is 0 Å². The van der Waals surface area contributed by atoms with Crippen LogP contribution in [0.25, 0.3) is 0 Å². The monoisotopic (exact) mass is 246 g/mol. The van der Waals surface area contributed by atoms with E-state index in [1.807, 2.05) is 37.3 Å². The SMILES string of the molecule is Cc1ccc(C(=O)N(C)c2ccccc2N)s1. The molecule has 0 radical (unpaired) electrons. The molecule has 0 aliphatic rings. The van der Waals surface area contributed by atoms with Gasteiger partial charge in [-0.05, 0) is 31.2 Å². The molecule has 1 heterocycles. The zero-order valence-corrected chi connectivity index (χ0v) is 10.6. The molecular formula is C13H14N2OS. The van der Waals surface area contributed by atoms with E-state index < -0.39 is 0 Å². The van der Waals surface area contributed by atoms with E-state index in [9.17, 15) is 4.79 Å². The predicted molar refractivity (Wildman–Crippen MR) is 72.6 cm³/mol. The third kappa shape index (κ3) is 2.31. The summed E-state index contributed by atoms with van der Waals surface area (Å²) < 4.78 is 0. The highest BCUT2D eigenvalue weighted by atomic mass is 32.1. The molecule has 2 rings (SSSR count). The van der Waals surface area contributed by atoms with E-state index in [0.717, 1.165) is 15.4 Å². The number of anilines is 2. The number of nitrogens with zero attached hydrogens (tertiary/aromatic N) is 1. The average Bonchev–Trinajstić information content (AvgIpc) is 2.75. The number of carbonyl (C=O) groups excluding carboxylic acids is 1. The fourth-order valence-corrected chi connectivity index (χ4v) is 2.46. The van der Waals surface area contributed by atoms with E-state index in [1.54, 1.807) is 18.0 Å². The largest absolute Gasteiger partial charge is 0.397 e. The molecule has 2 N–H and O–H groups in total. The minimum Gasteiger partial charge on any atom is -0.397 e. The van der Waals surface area contributed by atoms with Crippen molar-refractivity contribution < 1.29 is 4.79 Å². The standard InChI is InChI=1S/C13H14N2OS/c1-9-7-8-12(17-9)13(16)15(2)11-6-4-3-5-10(11)14/h3-8H,14H2,1-2H3. The van der Waals surface area contributed by atoms with Crippen LogP contribution in [0.3, 0.4) is 0 Å². The van der Waals surface area contributed by atoms with Crippen LogP contribution in [0.2, 0.25) is 0 Å². The van der Waals surface area contributed by atoms with Crippen LogP contribution in [0.15, 0.2) is 36.4 Å². The van der Waals surface area contributed by atoms with Gasteiger partial charge in [-0.3, -0.25) is 4.79 Å². The first-order valence-electron chi connectivity index (χ1n) is 5.28. The van der Waals surface area contributed by atoms with Gasteiger partial charge in [-0.2, -0.15) is 0 Å². The number of rotatable bonds is 2. The molecule has 2 aromatic rings. The van der Waals surface area contributed by atoms with Gasteiger partial charge >= 0.3 is 0 Å². The van der Waals surface area contributed by atoms with Crippen molar-refractivity contribution in [3.63, 3.8) is 0 Å². The lowest BCUT2D eigenvalue weighted by Crippen LogP contribution is -2.26. The first-order valence-corrected chi connectivity index (χ1v) is 6.10. The molecule has 1 aromatic heterocycles. The quantitative estimate of drug-likeness (QED) is 0.828. The van der Waals surface area contributed by atoms with Crippen molar-refractivity contribution in [3.05, 3.63) is 46.2 Å². The van der Waals surface area contributed by atoms with Gasteiger partial charge in [0.1, 0.15) is 0 Å². The van der Waals surface area contributed by atoms with Crippen LogP contribution in [0.4, 0.5) is 11.4 Å². The van der Waals surface area contributed by atoms with E-state index in [0.29, 0.717) is 5.69 Å². The molecule has 0 saturated carbocycles. The fourth-order valence-electron chi connectivity index (χ4n) is 1.62. The molecule has 0 aliphatic carbocycles. The second-order valence-electron chi connectivity index (χ2n) is 3.83. The highest BCUT2D eigenvalue weighted by molar-refractivity contribution is 7.14. The number of benzene rings is 1. The molecular weight excluding hydrogens is 232 g/mol. The summed E-state index contributed by atoms with van der Waals surface area (Å²) in [6.07, 6.45) is 0. The van der Waals surface area contributed by atoms with Gasteiger partial charge in [-0.25, -0.2) is 0 Å². The number of hydrogen-bond donors (Lipinski definition) is 1. The summed E-state index contributed by atoms with van der Waals surface area (Å²) >= 11 is 1.49. The maximum absolute atomic E-state index is 12.2. The smallest absolute Gasteiger partial charge is 0.268 e. The minimum absolute atomic E-state index is 0.0269. The van der Waals surface area contributed by atoms with Crippen LogP contribution in [0.1, 0.15) is 14.5 Å². The molecule has 0 atom stereocenters. The molecule has 1 aromatic carbocycles. The normalized spacial score (nSPS) is 10.2. The lowest BCUT2D eigenvalue weighted by atomic mass is 10.2. The number of nitrogens with two attached hydrogens (primary N) is 1.